The van der Waals surface area contributed by atoms with Crippen molar-refractivity contribution < 1.29 is 5.11 Å². The SMILES string of the molecule is CCCN(/C=C/CI)[C@@H]1CCc2ccc(O)cc2C1. The van der Waals surface area contributed by atoms with Crippen LogP contribution in [0.2, 0.25) is 0 Å². The molecule has 0 radical (unpaired) electrons. The number of aryl methyl sites for hydroxylation is 1. The van der Waals surface area contributed by atoms with E-state index in [4.69, 9.17) is 0 Å². The molecule has 0 amide bonds. The summed E-state index contributed by atoms with van der Waals surface area (Å²) < 4.78 is 1.06. The van der Waals surface area contributed by atoms with E-state index in [-0.39, 0.29) is 0 Å². The Morgan fingerprint density at radius 2 is 2.26 bits per heavy atom. The summed E-state index contributed by atoms with van der Waals surface area (Å²) in [7, 11) is 0. The molecular weight excluding hydrogens is 349 g/mol. The molecule has 19 heavy (non-hydrogen) atoms. The van der Waals surface area contributed by atoms with Crippen LogP contribution in [0.15, 0.2) is 30.5 Å². The predicted octanol–water partition coefficient (Wildman–Crippen LogP) is 3.91. The fourth-order valence-electron chi connectivity index (χ4n) is 2.82. The highest BCUT2D eigenvalue weighted by Gasteiger charge is 2.22. The van der Waals surface area contributed by atoms with E-state index in [1.165, 1.54) is 24.0 Å². The van der Waals surface area contributed by atoms with Gasteiger partial charge in [-0.15, -0.1) is 0 Å². The lowest BCUT2D eigenvalue weighted by molar-refractivity contribution is 0.252. The second-order valence-corrected chi connectivity index (χ2v) is 6.01. The second kappa shape index (κ2) is 7.17. The van der Waals surface area contributed by atoms with Gasteiger partial charge in [0.2, 0.25) is 0 Å². The van der Waals surface area contributed by atoms with Gasteiger partial charge in [0, 0.05) is 17.0 Å². The number of phenolic OH excluding ortho intramolecular Hbond substituents is 1. The minimum atomic E-state index is 0.393. The van der Waals surface area contributed by atoms with Crippen LogP contribution in [0.1, 0.15) is 30.9 Å². The Labute approximate surface area is 129 Å². The first kappa shape index (κ1) is 14.7. The second-order valence-electron chi connectivity index (χ2n) is 5.13. The first-order valence-corrected chi connectivity index (χ1v) is 8.56. The molecule has 0 unspecified atom stereocenters. The molecule has 0 heterocycles. The van der Waals surface area contributed by atoms with Gasteiger partial charge in [0.25, 0.3) is 0 Å². The average Bonchev–Trinajstić information content (AvgIpc) is 2.42. The molecule has 0 bridgehead atoms. The van der Waals surface area contributed by atoms with E-state index in [1.54, 1.807) is 6.07 Å². The number of fused-ring (bicyclic) bond motifs is 1. The van der Waals surface area contributed by atoms with E-state index in [0.29, 0.717) is 11.8 Å². The molecule has 2 nitrogen and oxygen atoms in total. The van der Waals surface area contributed by atoms with Crippen LogP contribution in [0.5, 0.6) is 5.75 Å². The number of alkyl halides is 1. The predicted molar refractivity (Wildman–Crippen MR) is 88.9 cm³/mol. The van der Waals surface area contributed by atoms with Crippen molar-refractivity contribution in [3.63, 3.8) is 0 Å². The van der Waals surface area contributed by atoms with Gasteiger partial charge >= 0.3 is 0 Å². The summed E-state index contributed by atoms with van der Waals surface area (Å²) in [6.07, 6.45) is 9.05. The maximum absolute atomic E-state index is 9.63. The fraction of sp³-hybridized carbons (Fsp3) is 0.500. The van der Waals surface area contributed by atoms with E-state index in [2.05, 4.69) is 52.8 Å². The Hall–Kier alpha value is -0.710. The van der Waals surface area contributed by atoms with Crippen molar-refractivity contribution in [1.82, 2.24) is 4.90 Å². The molecule has 0 spiro atoms. The highest BCUT2D eigenvalue weighted by Crippen LogP contribution is 2.27. The highest BCUT2D eigenvalue weighted by molar-refractivity contribution is 14.1. The molecule has 0 saturated heterocycles. The van der Waals surface area contributed by atoms with Crippen molar-refractivity contribution in [2.24, 2.45) is 0 Å². The molecular formula is C16H22INO. The van der Waals surface area contributed by atoms with Gasteiger partial charge in [-0.1, -0.05) is 41.7 Å². The van der Waals surface area contributed by atoms with Gasteiger partial charge in [0.05, 0.1) is 0 Å². The number of phenols is 1. The summed E-state index contributed by atoms with van der Waals surface area (Å²) >= 11 is 2.38. The molecule has 1 aliphatic carbocycles. The first-order chi connectivity index (χ1) is 9.24. The van der Waals surface area contributed by atoms with E-state index in [0.717, 1.165) is 23.8 Å². The maximum Gasteiger partial charge on any atom is 0.115 e. The van der Waals surface area contributed by atoms with Gasteiger partial charge in [-0.25, -0.2) is 0 Å². The third-order valence-electron chi connectivity index (χ3n) is 3.73. The highest BCUT2D eigenvalue weighted by atomic mass is 127. The molecule has 2 rings (SSSR count). The molecule has 0 saturated carbocycles. The lowest BCUT2D eigenvalue weighted by atomic mass is 9.87. The number of nitrogens with zero attached hydrogens (tertiary/aromatic N) is 1. The van der Waals surface area contributed by atoms with Crippen LogP contribution >= 0.6 is 22.6 Å². The summed E-state index contributed by atoms with van der Waals surface area (Å²) in [4.78, 5) is 2.48. The van der Waals surface area contributed by atoms with Gasteiger partial charge in [0.15, 0.2) is 0 Å². The average molecular weight is 371 g/mol. The fourth-order valence-corrected chi connectivity index (χ4v) is 3.05. The first-order valence-electron chi connectivity index (χ1n) is 7.03. The Morgan fingerprint density at radius 3 is 3.00 bits per heavy atom. The molecule has 0 fully saturated rings. The van der Waals surface area contributed by atoms with Gasteiger partial charge in [-0.3, -0.25) is 0 Å². The van der Waals surface area contributed by atoms with Gasteiger partial charge in [-0.2, -0.15) is 0 Å². The quantitative estimate of drug-likeness (QED) is 0.627. The monoisotopic (exact) mass is 371 g/mol. The topological polar surface area (TPSA) is 23.5 Å². The van der Waals surface area contributed by atoms with Crippen molar-refractivity contribution in [2.75, 3.05) is 11.0 Å². The zero-order valence-corrected chi connectivity index (χ0v) is 13.6. The smallest absolute Gasteiger partial charge is 0.115 e. The maximum atomic E-state index is 9.63. The number of allylic oxidation sites excluding steroid dienone is 1. The molecule has 1 aliphatic rings. The van der Waals surface area contributed by atoms with Gasteiger partial charge in [-0.05, 0) is 55.1 Å². The van der Waals surface area contributed by atoms with Crippen LogP contribution < -0.4 is 0 Å². The number of hydrogen-bond acceptors (Lipinski definition) is 2. The Morgan fingerprint density at radius 1 is 1.42 bits per heavy atom. The molecule has 0 aromatic heterocycles. The van der Waals surface area contributed by atoms with E-state index in [9.17, 15) is 5.11 Å². The van der Waals surface area contributed by atoms with Crippen LogP contribution in [0.3, 0.4) is 0 Å². The summed E-state index contributed by atoms with van der Waals surface area (Å²) in [6.45, 7) is 3.35. The van der Waals surface area contributed by atoms with Crippen molar-refractivity contribution in [3.05, 3.63) is 41.6 Å². The number of halogens is 1. The third kappa shape index (κ3) is 3.88. The summed E-state index contributed by atoms with van der Waals surface area (Å²) in [5.41, 5.74) is 2.73. The van der Waals surface area contributed by atoms with Crippen LogP contribution in [0.4, 0.5) is 0 Å². The Bertz CT molecular complexity index is 444. The molecule has 1 aromatic rings. The van der Waals surface area contributed by atoms with E-state index < -0.39 is 0 Å². The zero-order valence-electron chi connectivity index (χ0n) is 11.5. The normalized spacial score (nSPS) is 18.5. The Kier molecular flexibility index (Phi) is 5.55. The lowest BCUT2D eigenvalue weighted by Crippen LogP contribution is -2.36. The molecule has 104 valence electrons. The molecule has 1 aromatic carbocycles. The van der Waals surface area contributed by atoms with Crippen LogP contribution in [-0.2, 0) is 12.8 Å². The third-order valence-corrected chi connectivity index (χ3v) is 4.24. The minimum absolute atomic E-state index is 0.393. The number of aromatic hydroxyl groups is 1. The van der Waals surface area contributed by atoms with Crippen LogP contribution in [0.25, 0.3) is 0 Å². The lowest BCUT2D eigenvalue weighted by Gasteiger charge is -2.34. The van der Waals surface area contributed by atoms with Crippen molar-refractivity contribution in [1.29, 1.82) is 0 Å². The number of benzene rings is 1. The van der Waals surface area contributed by atoms with Crippen LogP contribution in [0, 0.1) is 0 Å². The van der Waals surface area contributed by atoms with E-state index in [1.807, 2.05) is 6.07 Å². The number of rotatable bonds is 5. The largest absolute Gasteiger partial charge is 0.508 e. The summed E-state index contributed by atoms with van der Waals surface area (Å²) in [5, 5.41) is 9.63. The zero-order chi connectivity index (χ0) is 13.7. The van der Waals surface area contributed by atoms with E-state index >= 15 is 0 Å². The van der Waals surface area contributed by atoms with Gasteiger partial charge in [0.1, 0.15) is 5.75 Å². The Balaban J connectivity index is 2.12. The van der Waals surface area contributed by atoms with Crippen molar-refractivity contribution in [3.8, 4) is 5.75 Å². The minimum Gasteiger partial charge on any atom is -0.508 e. The molecule has 0 aliphatic heterocycles. The molecule has 3 heteroatoms. The standard InChI is InChI=1S/C16H22INO/c1-2-9-18(10-3-8-17)15-6-4-13-5-7-16(19)12-14(13)11-15/h3,5,7,10,12,15,19H,2,4,6,8-9,11H2,1H3/b10-3+/t15-/m1/s1. The van der Waals surface area contributed by atoms with Crippen molar-refractivity contribution >= 4 is 22.6 Å². The molecule has 1 atom stereocenters. The number of hydrogen-bond donors (Lipinski definition) is 1. The van der Waals surface area contributed by atoms with Crippen LogP contribution in [-0.4, -0.2) is 27.0 Å². The summed E-state index contributed by atoms with van der Waals surface area (Å²) in [5.74, 6) is 0.393. The van der Waals surface area contributed by atoms with Crippen molar-refractivity contribution in [2.45, 2.75) is 38.6 Å². The summed E-state index contributed by atoms with van der Waals surface area (Å²) in [6, 6.07) is 6.40. The molecule has 1 N–H and O–H groups in total. The van der Waals surface area contributed by atoms with Gasteiger partial charge < -0.3 is 10.0 Å².